The number of carboxylic acid groups (broad SMARTS) is 1. The predicted molar refractivity (Wildman–Crippen MR) is 69.9 cm³/mol. The summed E-state index contributed by atoms with van der Waals surface area (Å²) in [6.45, 7) is 7.39. The monoisotopic (exact) mass is 246 g/mol. The highest BCUT2D eigenvalue weighted by atomic mass is 16.5. The van der Waals surface area contributed by atoms with Gasteiger partial charge in [-0.3, -0.25) is 0 Å². The lowest BCUT2D eigenvalue weighted by atomic mass is 9.75. The van der Waals surface area contributed by atoms with Crippen molar-refractivity contribution in [3.63, 3.8) is 0 Å². The van der Waals surface area contributed by atoms with Crippen molar-refractivity contribution in [1.29, 1.82) is 0 Å². The molecule has 18 heavy (non-hydrogen) atoms. The Kier molecular flexibility index (Phi) is 3.26. The molecular weight excluding hydrogens is 228 g/mol. The number of aryl methyl sites for hydroxylation is 1. The zero-order valence-electron chi connectivity index (χ0n) is 11.0. The number of carbonyl (C=O) groups is 1. The number of aliphatic carboxylic acids is 1. The third-order valence-electron chi connectivity index (χ3n) is 3.86. The molecule has 0 aromatic heterocycles. The van der Waals surface area contributed by atoms with Crippen molar-refractivity contribution in [2.75, 3.05) is 13.2 Å². The van der Waals surface area contributed by atoms with Crippen LogP contribution >= 0.6 is 0 Å². The molecule has 0 bridgehead atoms. The fourth-order valence-electron chi connectivity index (χ4n) is 2.39. The van der Waals surface area contributed by atoms with Crippen LogP contribution in [0.5, 0.6) is 0 Å². The summed E-state index contributed by atoms with van der Waals surface area (Å²) in [7, 11) is 0. The Bertz CT molecular complexity index is 511. The van der Waals surface area contributed by atoms with E-state index in [4.69, 9.17) is 9.84 Å². The third-order valence-corrected chi connectivity index (χ3v) is 3.86. The average Bonchev–Trinajstić information content (AvgIpc) is 2.26. The van der Waals surface area contributed by atoms with Crippen LogP contribution in [0.15, 0.2) is 24.3 Å². The summed E-state index contributed by atoms with van der Waals surface area (Å²) in [5.41, 5.74) is 4.67. The Hall–Kier alpha value is -1.61. The Morgan fingerprint density at radius 1 is 1.28 bits per heavy atom. The molecule has 1 aliphatic heterocycles. The summed E-state index contributed by atoms with van der Waals surface area (Å²) in [5.74, 6) is -0.914. The highest BCUT2D eigenvalue weighted by Gasteiger charge is 2.39. The predicted octanol–water partition coefficient (Wildman–Crippen LogP) is 2.52. The second kappa shape index (κ2) is 4.58. The lowest BCUT2D eigenvalue weighted by Gasteiger charge is -2.41. The van der Waals surface area contributed by atoms with Gasteiger partial charge in [-0.25, -0.2) is 4.79 Å². The number of carboxylic acids is 1. The zero-order valence-corrected chi connectivity index (χ0v) is 11.0. The number of hydrogen-bond acceptors (Lipinski definition) is 2. The van der Waals surface area contributed by atoms with E-state index in [-0.39, 0.29) is 5.41 Å². The first-order chi connectivity index (χ1) is 8.46. The summed E-state index contributed by atoms with van der Waals surface area (Å²) in [4.78, 5) is 10.7. The van der Waals surface area contributed by atoms with E-state index < -0.39 is 5.97 Å². The zero-order chi connectivity index (χ0) is 13.3. The summed E-state index contributed by atoms with van der Waals surface area (Å²) >= 11 is 0. The molecule has 0 saturated carbocycles. The number of ether oxygens (including phenoxy) is 1. The molecule has 1 fully saturated rings. The van der Waals surface area contributed by atoms with Crippen LogP contribution in [-0.4, -0.2) is 24.3 Å². The van der Waals surface area contributed by atoms with Gasteiger partial charge in [-0.05, 0) is 43.0 Å². The smallest absolute Gasteiger partial charge is 0.328 e. The summed E-state index contributed by atoms with van der Waals surface area (Å²) in [6, 6.07) is 4.18. The maximum Gasteiger partial charge on any atom is 0.328 e. The Morgan fingerprint density at radius 3 is 2.44 bits per heavy atom. The molecule has 2 rings (SSSR count). The maximum atomic E-state index is 10.7. The highest BCUT2D eigenvalue weighted by molar-refractivity contribution is 5.80. The fourth-order valence-corrected chi connectivity index (χ4v) is 2.39. The molecule has 3 heteroatoms. The van der Waals surface area contributed by atoms with Crippen molar-refractivity contribution in [3.8, 4) is 0 Å². The minimum Gasteiger partial charge on any atom is -0.478 e. The quantitative estimate of drug-likeness (QED) is 0.834. The van der Waals surface area contributed by atoms with Gasteiger partial charge in [0.2, 0.25) is 0 Å². The molecule has 0 atom stereocenters. The van der Waals surface area contributed by atoms with Gasteiger partial charge in [0.15, 0.2) is 0 Å². The summed E-state index contributed by atoms with van der Waals surface area (Å²) in [5, 5.41) is 8.78. The van der Waals surface area contributed by atoms with E-state index in [0.29, 0.717) is 13.2 Å². The molecule has 1 saturated heterocycles. The van der Waals surface area contributed by atoms with Crippen LogP contribution in [0.25, 0.3) is 0 Å². The first kappa shape index (κ1) is 12.8. The number of hydrogen-bond donors (Lipinski definition) is 1. The van der Waals surface area contributed by atoms with Crippen molar-refractivity contribution in [1.82, 2.24) is 0 Å². The van der Waals surface area contributed by atoms with Crippen LogP contribution < -0.4 is 0 Å². The summed E-state index contributed by atoms with van der Waals surface area (Å²) in [6.07, 6.45) is 2.98. The minimum absolute atomic E-state index is 0.263. The van der Waals surface area contributed by atoms with E-state index in [9.17, 15) is 4.79 Å². The van der Waals surface area contributed by atoms with E-state index in [2.05, 4.69) is 32.9 Å². The van der Waals surface area contributed by atoms with Crippen LogP contribution in [0.4, 0.5) is 0 Å². The third kappa shape index (κ3) is 2.06. The molecular formula is C15H18O3. The first-order valence-corrected chi connectivity index (χ1v) is 6.03. The van der Waals surface area contributed by atoms with Gasteiger partial charge in [-0.1, -0.05) is 18.2 Å². The normalized spacial score (nSPS) is 17.7. The Balaban J connectivity index is 2.45. The molecule has 1 heterocycles. The fraction of sp³-hybridized carbons (Fsp3) is 0.400. The highest BCUT2D eigenvalue weighted by Crippen LogP contribution is 2.37. The van der Waals surface area contributed by atoms with Crippen LogP contribution in [0.2, 0.25) is 0 Å². The Morgan fingerprint density at radius 2 is 1.94 bits per heavy atom. The van der Waals surface area contributed by atoms with Crippen LogP contribution in [0.1, 0.15) is 22.3 Å². The van der Waals surface area contributed by atoms with Crippen molar-refractivity contribution < 1.29 is 14.6 Å². The molecule has 0 amide bonds. The van der Waals surface area contributed by atoms with E-state index in [1.165, 1.54) is 28.3 Å². The van der Waals surface area contributed by atoms with Gasteiger partial charge < -0.3 is 9.84 Å². The van der Waals surface area contributed by atoms with Gasteiger partial charge in [0.05, 0.1) is 18.6 Å². The standard InChI is InChI=1S/C15H18O3/c1-10-4-5-13(12(3)11(10)2)15(8-18-9-15)7-6-14(16)17/h4-7H,8-9H2,1-3H3,(H,16,17)/b7-6+. The molecule has 0 unspecified atom stereocenters. The molecule has 0 aliphatic carbocycles. The first-order valence-electron chi connectivity index (χ1n) is 6.03. The van der Waals surface area contributed by atoms with Crippen LogP contribution in [0, 0.1) is 20.8 Å². The summed E-state index contributed by atoms with van der Waals surface area (Å²) < 4.78 is 5.31. The average molecular weight is 246 g/mol. The molecule has 0 radical (unpaired) electrons. The molecule has 96 valence electrons. The Labute approximate surface area is 107 Å². The number of rotatable bonds is 3. The van der Waals surface area contributed by atoms with Crippen molar-refractivity contribution in [2.24, 2.45) is 0 Å². The van der Waals surface area contributed by atoms with Gasteiger partial charge in [0.1, 0.15) is 0 Å². The largest absolute Gasteiger partial charge is 0.478 e. The SMILES string of the molecule is Cc1ccc(C2(/C=C/C(=O)O)COC2)c(C)c1C. The molecule has 0 spiro atoms. The van der Waals surface area contributed by atoms with Gasteiger partial charge in [0.25, 0.3) is 0 Å². The van der Waals surface area contributed by atoms with Crippen molar-refractivity contribution in [3.05, 3.63) is 46.5 Å². The lowest BCUT2D eigenvalue weighted by Crippen LogP contribution is -2.45. The minimum atomic E-state index is -0.914. The molecule has 3 nitrogen and oxygen atoms in total. The van der Waals surface area contributed by atoms with Gasteiger partial charge >= 0.3 is 5.97 Å². The molecule has 1 aromatic carbocycles. The van der Waals surface area contributed by atoms with Crippen LogP contribution in [-0.2, 0) is 14.9 Å². The second-order valence-corrected chi connectivity index (χ2v) is 5.00. The molecule has 1 aromatic rings. The number of benzene rings is 1. The van der Waals surface area contributed by atoms with Gasteiger partial charge in [-0.2, -0.15) is 0 Å². The van der Waals surface area contributed by atoms with Crippen LogP contribution in [0.3, 0.4) is 0 Å². The second-order valence-electron chi connectivity index (χ2n) is 5.00. The van der Waals surface area contributed by atoms with Gasteiger partial charge in [-0.15, -0.1) is 0 Å². The van der Waals surface area contributed by atoms with E-state index in [1.807, 2.05) is 0 Å². The van der Waals surface area contributed by atoms with E-state index in [0.717, 1.165) is 0 Å². The van der Waals surface area contributed by atoms with Gasteiger partial charge in [0, 0.05) is 6.08 Å². The van der Waals surface area contributed by atoms with E-state index >= 15 is 0 Å². The van der Waals surface area contributed by atoms with Crippen molar-refractivity contribution >= 4 is 5.97 Å². The molecule has 1 N–H and O–H groups in total. The maximum absolute atomic E-state index is 10.7. The van der Waals surface area contributed by atoms with E-state index in [1.54, 1.807) is 6.08 Å². The lowest BCUT2D eigenvalue weighted by molar-refractivity contribution is -0.131. The topological polar surface area (TPSA) is 46.5 Å². The van der Waals surface area contributed by atoms with Crippen molar-refractivity contribution in [2.45, 2.75) is 26.2 Å². The molecule has 1 aliphatic rings.